The Labute approximate surface area is 200 Å². The predicted molar refractivity (Wildman–Crippen MR) is 133 cm³/mol. The first kappa shape index (κ1) is 22.7. The van der Waals surface area contributed by atoms with E-state index in [1.807, 2.05) is 31.3 Å². The second-order valence-corrected chi connectivity index (χ2v) is 10.6. The van der Waals surface area contributed by atoms with E-state index < -0.39 is 0 Å². The first-order valence-corrected chi connectivity index (χ1v) is 12.3. The summed E-state index contributed by atoms with van der Waals surface area (Å²) in [5.74, 6) is 0.142. The Morgan fingerprint density at radius 3 is 2.79 bits per heavy atom. The van der Waals surface area contributed by atoms with E-state index in [-0.39, 0.29) is 18.0 Å². The lowest BCUT2D eigenvalue weighted by Crippen LogP contribution is -2.52. The molecule has 8 heteroatoms. The Balaban J connectivity index is 1.23. The Morgan fingerprint density at radius 2 is 2.03 bits per heavy atom. The lowest BCUT2D eigenvalue weighted by atomic mass is 10.1. The number of aromatic nitrogens is 3. The van der Waals surface area contributed by atoms with Crippen LogP contribution in [0.25, 0.3) is 10.9 Å². The summed E-state index contributed by atoms with van der Waals surface area (Å²) in [6.07, 6.45) is 8.65. The van der Waals surface area contributed by atoms with Crippen LogP contribution in [-0.4, -0.2) is 51.2 Å². The van der Waals surface area contributed by atoms with Crippen LogP contribution in [-0.2, 0) is 17.9 Å². The standard InChI is InChI=1S/C26H34N6O2/c1-19-14-29-24(30-18-32(11-3-4-12-32)17-26(2)8-9-26)25(34)31(19)16-23(33)28-15-20-5-6-22-21(13-20)7-10-27-22/h5-7,10,13-14,27H,3-4,8-9,11-12,15-18H2,1-2H3,(H-,28,29,30,33)/p+1. The number of aromatic amines is 1. The molecule has 3 heterocycles. The van der Waals surface area contributed by atoms with Gasteiger partial charge in [-0.15, -0.1) is 0 Å². The molecule has 0 radical (unpaired) electrons. The first-order valence-electron chi connectivity index (χ1n) is 12.3. The minimum absolute atomic E-state index is 0.0215. The molecule has 1 saturated carbocycles. The Morgan fingerprint density at radius 1 is 1.24 bits per heavy atom. The number of H-pyrrole nitrogens is 1. The van der Waals surface area contributed by atoms with E-state index >= 15 is 0 Å². The normalized spacial score (nSPS) is 18.2. The van der Waals surface area contributed by atoms with Crippen molar-refractivity contribution in [3.8, 4) is 0 Å². The molecule has 34 heavy (non-hydrogen) atoms. The third-order valence-electron chi connectivity index (χ3n) is 7.58. The van der Waals surface area contributed by atoms with Gasteiger partial charge in [-0.25, -0.2) is 4.98 Å². The highest BCUT2D eigenvalue weighted by atomic mass is 16.2. The lowest BCUT2D eigenvalue weighted by molar-refractivity contribution is -0.917. The summed E-state index contributed by atoms with van der Waals surface area (Å²) in [5.41, 5.74) is 2.98. The van der Waals surface area contributed by atoms with Crippen LogP contribution in [0.3, 0.4) is 0 Å². The fourth-order valence-corrected chi connectivity index (χ4v) is 5.30. The first-order chi connectivity index (χ1) is 16.3. The topological polar surface area (TPSA) is 91.8 Å². The predicted octanol–water partition coefficient (Wildman–Crippen LogP) is 3.13. The number of nitrogens with one attached hydrogen (secondary N) is 3. The van der Waals surface area contributed by atoms with Crippen LogP contribution in [0.4, 0.5) is 5.82 Å². The van der Waals surface area contributed by atoms with Crippen molar-refractivity contribution in [3.05, 3.63) is 58.3 Å². The Kier molecular flexibility index (Phi) is 5.93. The van der Waals surface area contributed by atoms with Gasteiger partial charge in [0.25, 0.3) is 5.56 Å². The van der Waals surface area contributed by atoms with Crippen molar-refractivity contribution in [3.63, 3.8) is 0 Å². The molecule has 1 aliphatic heterocycles. The van der Waals surface area contributed by atoms with E-state index in [2.05, 4.69) is 33.6 Å². The van der Waals surface area contributed by atoms with Gasteiger partial charge in [0.05, 0.1) is 19.6 Å². The summed E-state index contributed by atoms with van der Waals surface area (Å²) in [6.45, 7) is 8.77. The van der Waals surface area contributed by atoms with Gasteiger partial charge >= 0.3 is 0 Å². The minimum atomic E-state index is -0.237. The van der Waals surface area contributed by atoms with E-state index in [1.165, 1.54) is 30.3 Å². The van der Waals surface area contributed by atoms with Crippen LogP contribution in [0.15, 0.2) is 41.5 Å². The van der Waals surface area contributed by atoms with Gasteiger partial charge in [-0.3, -0.25) is 14.2 Å². The second-order valence-electron chi connectivity index (χ2n) is 10.6. The zero-order valence-corrected chi connectivity index (χ0v) is 20.2. The number of carbonyl (C=O) groups is 1. The highest BCUT2D eigenvalue weighted by Crippen LogP contribution is 2.47. The number of amides is 1. The number of hydrogen-bond acceptors (Lipinski definition) is 4. The Bertz CT molecular complexity index is 1250. The lowest BCUT2D eigenvalue weighted by Gasteiger charge is -2.36. The number of carbonyl (C=O) groups excluding carboxylic acids is 1. The molecule has 2 fully saturated rings. The summed E-state index contributed by atoms with van der Waals surface area (Å²) in [5, 5.41) is 7.40. The van der Waals surface area contributed by atoms with Crippen molar-refractivity contribution in [2.24, 2.45) is 5.41 Å². The molecule has 1 saturated heterocycles. The number of nitrogens with zero attached hydrogens (tertiary/aromatic N) is 3. The molecule has 5 rings (SSSR count). The van der Waals surface area contributed by atoms with Crippen LogP contribution in [0.5, 0.6) is 0 Å². The van der Waals surface area contributed by atoms with Gasteiger partial charge in [0.1, 0.15) is 6.54 Å². The highest BCUT2D eigenvalue weighted by Gasteiger charge is 2.47. The average Bonchev–Trinajstić information content (AvgIpc) is 3.17. The number of quaternary nitrogens is 1. The number of benzene rings is 1. The quantitative estimate of drug-likeness (QED) is 0.425. The number of fused-ring (bicyclic) bond motifs is 1. The molecular formula is C26H35N6O2+. The molecule has 2 aliphatic rings. The van der Waals surface area contributed by atoms with Crippen molar-refractivity contribution in [1.82, 2.24) is 19.9 Å². The summed E-state index contributed by atoms with van der Waals surface area (Å²) in [6, 6.07) is 8.06. The van der Waals surface area contributed by atoms with Crippen molar-refractivity contribution < 1.29 is 9.28 Å². The molecule has 3 N–H and O–H groups in total. The summed E-state index contributed by atoms with van der Waals surface area (Å²) >= 11 is 0. The van der Waals surface area contributed by atoms with E-state index in [9.17, 15) is 9.59 Å². The Hall–Kier alpha value is -3.13. The molecule has 8 nitrogen and oxygen atoms in total. The number of likely N-dealkylation sites (tertiary alicyclic amines) is 1. The van der Waals surface area contributed by atoms with Crippen LogP contribution >= 0.6 is 0 Å². The molecule has 0 bridgehead atoms. The molecule has 2 aromatic heterocycles. The van der Waals surface area contributed by atoms with Crippen LogP contribution in [0.1, 0.15) is 43.9 Å². The van der Waals surface area contributed by atoms with Crippen LogP contribution in [0, 0.1) is 12.3 Å². The summed E-state index contributed by atoms with van der Waals surface area (Å²) in [4.78, 5) is 33.4. The third kappa shape index (κ3) is 4.87. The molecule has 1 aromatic carbocycles. The van der Waals surface area contributed by atoms with Gasteiger partial charge in [-0.05, 0) is 48.9 Å². The van der Waals surface area contributed by atoms with Crippen molar-refractivity contribution in [2.75, 3.05) is 31.6 Å². The number of hydrogen-bond donors (Lipinski definition) is 3. The van der Waals surface area contributed by atoms with E-state index in [0.29, 0.717) is 30.1 Å². The molecular weight excluding hydrogens is 428 g/mol. The van der Waals surface area contributed by atoms with Gasteiger partial charge in [0.15, 0.2) is 12.5 Å². The van der Waals surface area contributed by atoms with Gasteiger partial charge in [0, 0.05) is 48.4 Å². The largest absolute Gasteiger partial charge is 0.361 e. The van der Waals surface area contributed by atoms with Crippen molar-refractivity contribution in [1.29, 1.82) is 0 Å². The van der Waals surface area contributed by atoms with Gasteiger partial charge < -0.3 is 20.1 Å². The summed E-state index contributed by atoms with van der Waals surface area (Å²) < 4.78 is 2.52. The molecule has 0 unspecified atom stereocenters. The van der Waals surface area contributed by atoms with Gasteiger partial charge in [-0.2, -0.15) is 0 Å². The second kappa shape index (κ2) is 8.91. The molecule has 0 atom stereocenters. The molecule has 0 spiro atoms. The number of anilines is 1. The number of aryl methyl sites for hydroxylation is 1. The fourth-order valence-electron chi connectivity index (χ4n) is 5.30. The number of rotatable bonds is 9. The van der Waals surface area contributed by atoms with Crippen molar-refractivity contribution in [2.45, 2.75) is 52.6 Å². The van der Waals surface area contributed by atoms with E-state index in [4.69, 9.17) is 0 Å². The third-order valence-corrected chi connectivity index (χ3v) is 7.58. The van der Waals surface area contributed by atoms with E-state index in [0.717, 1.165) is 40.6 Å². The van der Waals surface area contributed by atoms with Crippen molar-refractivity contribution >= 4 is 22.6 Å². The SMILES string of the molecule is Cc1cnc(NC[N+]2(CC3(C)CC3)CCCC2)c(=O)n1CC(=O)NCc1ccc2[nH]ccc2c1. The van der Waals surface area contributed by atoms with Crippen LogP contribution < -0.4 is 16.2 Å². The smallest absolute Gasteiger partial charge is 0.294 e. The summed E-state index contributed by atoms with van der Waals surface area (Å²) in [7, 11) is 0. The fraction of sp³-hybridized carbons (Fsp3) is 0.500. The molecule has 3 aromatic rings. The maximum Gasteiger partial charge on any atom is 0.294 e. The van der Waals surface area contributed by atoms with Gasteiger partial charge in [0.2, 0.25) is 5.91 Å². The molecule has 1 aliphatic carbocycles. The zero-order valence-electron chi connectivity index (χ0n) is 20.2. The maximum atomic E-state index is 13.2. The van der Waals surface area contributed by atoms with E-state index in [1.54, 1.807) is 6.20 Å². The molecule has 180 valence electrons. The highest BCUT2D eigenvalue weighted by molar-refractivity contribution is 5.80. The monoisotopic (exact) mass is 463 g/mol. The van der Waals surface area contributed by atoms with Crippen LogP contribution in [0.2, 0.25) is 0 Å². The minimum Gasteiger partial charge on any atom is -0.361 e. The average molecular weight is 464 g/mol. The zero-order chi connectivity index (χ0) is 23.8. The maximum absolute atomic E-state index is 13.2. The van der Waals surface area contributed by atoms with Gasteiger partial charge in [-0.1, -0.05) is 13.0 Å². The molecule has 1 amide bonds.